The topological polar surface area (TPSA) is 163 Å². The van der Waals surface area contributed by atoms with Gasteiger partial charge in [0.25, 0.3) is 0 Å². The molecule has 0 fully saturated rings. The summed E-state index contributed by atoms with van der Waals surface area (Å²) in [5, 5.41) is 44.9. The fourth-order valence-corrected chi connectivity index (χ4v) is 4.46. The van der Waals surface area contributed by atoms with Crippen molar-refractivity contribution in [2.24, 2.45) is 4.99 Å². The molecule has 0 aliphatic carbocycles. The molecule has 4 atom stereocenters. The van der Waals surface area contributed by atoms with Crippen molar-refractivity contribution >= 4 is 40.8 Å². The molecule has 226 valence electrons. The number of rotatable bonds is 19. The third-order valence-electron chi connectivity index (χ3n) is 6.55. The summed E-state index contributed by atoms with van der Waals surface area (Å²) in [6.07, 6.45) is 8.15. The number of nitrogens with zero attached hydrogens (tertiary/aromatic N) is 7. The van der Waals surface area contributed by atoms with E-state index in [1.54, 1.807) is 6.21 Å². The number of aliphatic hydroxyl groups excluding tert-OH is 4. The van der Waals surface area contributed by atoms with Gasteiger partial charge in [0, 0.05) is 12.8 Å². The van der Waals surface area contributed by atoms with E-state index in [0.29, 0.717) is 23.4 Å². The van der Waals surface area contributed by atoms with E-state index in [-0.39, 0.29) is 17.7 Å². The summed E-state index contributed by atoms with van der Waals surface area (Å²) in [5.74, 6) is 0.819. The zero-order chi connectivity index (χ0) is 29.7. The van der Waals surface area contributed by atoms with Gasteiger partial charge < -0.3 is 25.7 Å². The molecule has 0 radical (unpaired) electrons. The van der Waals surface area contributed by atoms with E-state index < -0.39 is 24.9 Å². The third-order valence-corrected chi connectivity index (χ3v) is 6.55. The van der Waals surface area contributed by atoms with E-state index >= 15 is 0 Å². The molecule has 40 heavy (non-hydrogen) atoms. The summed E-state index contributed by atoms with van der Waals surface area (Å²) < 4.78 is 0. The standard InChI is InChI=1S/C28H50N8O4/c1-7-9-11-13-15-17-29-25-23-24(32-27(33-25)35(19(3)37)20(4)38)26(30-18-16-14-12-10-8-2)34-28(31-23)36(21(5)39)22(6)40/h17,19-22,37-40H,7-16,18H2,1-6H3,(H,30,31,34). The molecule has 0 aliphatic rings. The van der Waals surface area contributed by atoms with Crippen molar-refractivity contribution < 1.29 is 20.4 Å². The number of unbranched alkanes of at least 4 members (excludes halogenated alkanes) is 8. The largest absolute Gasteiger partial charge is 0.374 e. The highest BCUT2D eigenvalue weighted by atomic mass is 16.3. The predicted octanol–water partition coefficient (Wildman–Crippen LogP) is 4.44. The van der Waals surface area contributed by atoms with Gasteiger partial charge in [-0.3, -0.25) is 9.80 Å². The molecule has 12 nitrogen and oxygen atoms in total. The number of aliphatic hydroxyl groups is 4. The van der Waals surface area contributed by atoms with Crippen LogP contribution in [-0.2, 0) is 0 Å². The van der Waals surface area contributed by atoms with Crippen molar-refractivity contribution in [2.75, 3.05) is 21.7 Å². The van der Waals surface area contributed by atoms with Crippen molar-refractivity contribution in [3.05, 3.63) is 0 Å². The molecule has 12 heteroatoms. The van der Waals surface area contributed by atoms with Gasteiger partial charge in [-0.05, 0) is 47.0 Å². The van der Waals surface area contributed by atoms with E-state index in [4.69, 9.17) is 0 Å². The van der Waals surface area contributed by atoms with Crippen molar-refractivity contribution in [1.82, 2.24) is 19.9 Å². The first-order valence-corrected chi connectivity index (χ1v) is 14.8. The predicted molar refractivity (Wildman–Crippen MR) is 161 cm³/mol. The van der Waals surface area contributed by atoms with E-state index in [0.717, 1.165) is 57.8 Å². The van der Waals surface area contributed by atoms with Gasteiger partial charge >= 0.3 is 0 Å². The number of fused-ring (bicyclic) bond motifs is 1. The minimum absolute atomic E-state index is 0.0842. The summed E-state index contributed by atoms with van der Waals surface area (Å²) in [6, 6.07) is 0. The molecule has 2 aromatic heterocycles. The molecular formula is C28H50N8O4. The van der Waals surface area contributed by atoms with Gasteiger partial charge in [-0.1, -0.05) is 58.8 Å². The second-order valence-corrected chi connectivity index (χ2v) is 10.3. The molecule has 0 saturated heterocycles. The van der Waals surface area contributed by atoms with Crippen LogP contribution in [-0.4, -0.2) is 78.0 Å². The maximum atomic E-state index is 10.4. The van der Waals surface area contributed by atoms with E-state index in [2.05, 4.69) is 44.1 Å². The molecule has 2 aromatic rings. The number of nitrogens with one attached hydrogen (secondary N) is 1. The van der Waals surface area contributed by atoms with Crippen LogP contribution in [0.25, 0.3) is 11.0 Å². The normalized spacial score (nSPS) is 14.8. The van der Waals surface area contributed by atoms with Gasteiger partial charge in [-0.25, -0.2) is 15.0 Å². The number of anilines is 3. The molecule has 0 aromatic carbocycles. The summed E-state index contributed by atoms with van der Waals surface area (Å²) in [5.41, 5.74) is 0.692. The van der Waals surface area contributed by atoms with Crippen LogP contribution < -0.4 is 15.1 Å². The van der Waals surface area contributed by atoms with Crippen LogP contribution in [0.5, 0.6) is 0 Å². The Bertz CT molecular complexity index is 1030. The first-order valence-electron chi connectivity index (χ1n) is 14.8. The molecule has 0 aliphatic heterocycles. The monoisotopic (exact) mass is 562 g/mol. The second kappa shape index (κ2) is 17.2. The first-order chi connectivity index (χ1) is 19.1. The van der Waals surface area contributed by atoms with Gasteiger partial charge in [-0.15, -0.1) is 0 Å². The molecule has 0 saturated carbocycles. The fraction of sp³-hybridized carbons (Fsp3) is 0.750. The van der Waals surface area contributed by atoms with Crippen LogP contribution in [0.4, 0.5) is 23.5 Å². The molecule has 2 heterocycles. The Hall–Kier alpha value is -2.67. The van der Waals surface area contributed by atoms with Gasteiger partial charge in [0.2, 0.25) is 11.9 Å². The second-order valence-electron chi connectivity index (χ2n) is 10.3. The molecule has 0 amide bonds. The number of hydrogen-bond donors (Lipinski definition) is 5. The zero-order valence-corrected chi connectivity index (χ0v) is 25.1. The van der Waals surface area contributed by atoms with Crippen molar-refractivity contribution in [2.45, 2.75) is 131 Å². The fourth-order valence-electron chi connectivity index (χ4n) is 4.46. The van der Waals surface area contributed by atoms with Crippen molar-refractivity contribution in [3.63, 3.8) is 0 Å². The summed E-state index contributed by atoms with van der Waals surface area (Å²) >= 11 is 0. The lowest BCUT2D eigenvalue weighted by atomic mass is 10.1. The Labute approximate surface area is 238 Å². The van der Waals surface area contributed by atoms with E-state index in [1.807, 2.05) is 0 Å². The third kappa shape index (κ3) is 9.76. The van der Waals surface area contributed by atoms with Gasteiger partial charge in [0.15, 0.2) is 11.6 Å². The lowest BCUT2D eigenvalue weighted by molar-refractivity contribution is 0.102. The molecule has 0 bridgehead atoms. The van der Waals surface area contributed by atoms with E-state index in [1.165, 1.54) is 43.9 Å². The van der Waals surface area contributed by atoms with E-state index in [9.17, 15) is 20.4 Å². The minimum Gasteiger partial charge on any atom is -0.374 e. The van der Waals surface area contributed by atoms with Gasteiger partial charge in [0.1, 0.15) is 35.9 Å². The Morgan fingerprint density at radius 1 is 0.675 bits per heavy atom. The molecule has 0 spiro atoms. The Kier molecular flexibility index (Phi) is 14.4. The Morgan fingerprint density at radius 2 is 1.18 bits per heavy atom. The highest BCUT2D eigenvalue weighted by Gasteiger charge is 2.26. The number of hydrogen-bond acceptors (Lipinski definition) is 12. The van der Waals surface area contributed by atoms with Gasteiger partial charge in [0.05, 0.1) is 0 Å². The van der Waals surface area contributed by atoms with Crippen LogP contribution >= 0.6 is 0 Å². The molecular weight excluding hydrogens is 512 g/mol. The van der Waals surface area contributed by atoms with Crippen LogP contribution in [0.2, 0.25) is 0 Å². The smallest absolute Gasteiger partial charge is 0.232 e. The molecule has 4 unspecified atom stereocenters. The van der Waals surface area contributed by atoms with Crippen LogP contribution in [0, 0.1) is 0 Å². The number of aliphatic imine (C=N–C) groups is 1. The molecule has 2 rings (SSSR count). The average molecular weight is 563 g/mol. The minimum atomic E-state index is -1.07. The Balaban J connectivity index is 2.67. The summed E-state index contributed by atoms with van der Waals surface area (Å²) in [7, 11) is 0. The lowest BCUT2D eigenvalue weighted by Crippen LogP contribution is -2.42. The highest BCUT2D eigenvalue weighted by molar-refractivity contribution is 5.94. The van der Waals surface area contributed by atoms with Crippen molar-refractivity contribution in [3.8, 4) is 0 Å². The average Bonchev–Trinajstić information content (AvgIpc) is 2.87. The van der Waals surface area contributed by atoms with Crippen LogP contribution in [0.3, 0.4) is 0 Å². The van der Waals surface area contributed by atoms with Crippen LogP contribution in [0.1, 0.15) is 106 Å². The SMILES string of the molecule is CCCCCCC=Nc1nc(N(C(C)O)C(C)O)nc2c(NCCCCCCC)nc(N(C(C)O)C(C)O)nc12. The first kappa shape index (κ1) is 33.5. The summed E-state index contributed by atoms with van der Waals surface area (Å²) in [4.78, 5) is 25.7. The highest BCUT2D eigenvalue weighted by Crippen LogP contribution is 2.32. The van der Waals surface area contributed by atoms with Gasteiger partial charge in [-0.2, -0.15) is 9.97 Å². The quantitative estimate of drug-likeness (QED) is 0.0934. The number of aromatic nitrogens is 4. The maximum absolute atomic E-state index is 10.4. The van der Waals surface area contributed by atoms with Crippen LogP contribution in [0.15, 0.2) is 4.99 Å². The maximum Gasteiger partial charge on any atom is 0.232 e. The molecule has 5 N–H and O–H groups in total. The van der Waals surface area contributed by atoms with Crippen molar-refractivity contribution in [1.29, 1.82) is 0 Å². The summed E-state index contributed by atoms with van der Waals surface area (Å²) in [6.45, 7) is 11.1. The zero-order valence-electron chi connectivity index (χ0n) is 25.1. The lowest BCUT2D eigenvalue weighted by Gasteiger charge is -2.30. The Morgan fingerprint density at radius 3 is 1.73 bits per heavy atom.